The van der Waals surface area contributed by atoms with Gasteiger partial charge in [-0.25, -0.2) is 14.2 Å². The molecule has 3 aromatic heterocycles. The number of amides is 1. The molecule has 0 spiro atoms. The molecule has 1 saturated carbocycles. The Morgan fingerprint density at radius 2 is 2.11 bits per heavy atom. The van der Waals surface area contributed by atoms with E-state index >= 15 is 0 Å². The predicted molar refractivity (Wildman–Crippen MR) is 103 cm³/mol. The first-order valence-corrected chi connectivity index (χ1v) is 9.27. The highest BCUT2D eigenvalue weighted by Gasteiger charge is 2.28. The third-order valence-corrected chi connectivity index (χ3v) is 4.66. The molecule has 0 atom stereocenters. The molecule has 28 heavy (non-hydrogen) atoms. The maximum absolute atomic E-state index is 12.9. The van der Waals surface area contributed by atoms with Crippen molar-refractivity contribution in [3.8, 4) is 5.88 Å². The second kappa shape index (κ2) is 7.06. The summed E-state index contributed by atoms with van der Waals surface area (Å²) < 4.78 is 7.83. The molecule has 0 aromatic carbocycles. The van der Waals surface area contributed by atoms with Crippen LogP contribution in [0.3, 0.4) is 0 Å². The molecule has 1 aliphatic rings. The number of hydrogen-bond donors (Lipinski definition) is 1. The number of pyridine rings is 1. The Labute approximate surface area is 161 Å². The lowest BCUT2D eigenvalue weighted by molar-refractivity contribution is -0.117. The van der Waals surface area contributed by atoms with E-state index in [-0.39, 0.29) is 23.9 Å². The Hall–Kier alpha value is -3.23. The quantitative estimate of drug-likeness (QED) is 0.699. The van der Waals surface area contributed by atoms with Gasteiger partial charge in [0.15, 0.2) is 5.82 Å². The van der Waals surface area contributed by atoms with Crippen LogP contribution >= 0.6 is 0 Å². The topological polar surface area (TPSA) is 103 Å². The van der Waals surface area contributed by atoms with Gasteiger partial charge < -0.3 is 10.1 Å². The smallest absolute Gasteiger partial charge is 0.293 e. The molecule has 9 nitrogen and oxygen atoms in total. The van der Waals surface area contributed by atoms with Crippen LogP contribution in [0.15, 0.2) is 29.2 Å². The number of carbonyl (C=O) groups is 1. The zero-order valence-electron chi connectivity index (χ0n) is 16.0. The average Bonchev–Trinajstić information content (AvgIpc) is 3.43. The van der Waals surface area contributed by atoms with Crippen LogP contribution in [0.5, 0.6) is 5.88 Å². The van der Waals surface area contributed by atoms with E-state index in [1.165, 1.54) is 18.0 Å². The van der Waals surface area contributed by atoms with Gasteiger partial charge in [-0.05, 0) is 25.0 Å². The van der Waals surface area contributed by atoms with Gasteiger partial charge in [0.1, 0.15) is 12.1 Å². The molecule has 4 rings (SSSR count). The van der Waals surface area contributed by atoms with Crippen LogP contribution in [-0.4, -0.2) is 37.4 Å². The summed E-state index contributed by atoms with van der Waals surface area (Å²) in [7, 11) is 1.52. The minimum absolute atomic E-state index is 0.0511. The third kappa shape index (κ3) is 3.47. The van der Waals surface area contributed by atoms with Crippen molar-refractivity contribution in [3.05, 3.63) is 46.3 Å². The zero-order valence-corrected chi connectivity index (χ0v) is 16.0. The number of hydrogen-bond acceptors (Lipinski definition) is 6. The molecule has 3 heterocycles. The van der Waals surface area contributed by atoms with Crippen LogP contribution in [0, 0.1) is 0 Å². The first kappa shape index (κ1) is 18.1. The fourth-order valence-electron chi connectivity index (χ4n) is 3.03. The van der Waals surface area contributed by atoms with Crippen LogP contribution in [0.1, 0.15) is 50.0 Å². The lowest BCUT2D eigenvalue weighted by Crippen LogP contribution is -2.32. The highest BCUT2D eigenvalue weighted by Crippen LogP contribution is 2.39. The van der Waals surface area contributed by atoms with Gasteiger partial charge in [0.25, 0.3) is 5.56 Å². The number of nitrogens with one attached hydrogen (secondary N) is 1. The molecular weight excluding hydrogens is 360 g/mol. The van der Waals surface area contributed by atoms with E-state index in [9.17, 15) is 9.59 Å². The summed E-state index contributed by atoms with van der Waals surface area (Å²) in [6, 6.07) is 5.16. The number of anilines is 1. The minimum Gasteiger partial charge on any atom is -0.481 e. The maximum Gasteiger partial charge on any atom is 0.293 e. The molecule has 9 heteroatoms. The lowest BCUT2D eigenvalue weighted by Gasteiger charge is -2.12. The Balaban J connectivity index is 1.62. The van der Waals surface area contributed by atoms with Crippen LogP contribution in [0.2, 0.25) is 0 Å². The van der Waals surface area contributed by atoms with Crippen LogP contribution in [0.4, 0.5) is 5.69 Å². The monoisotopic (exact) mass is 382 g/mol. The van der Waals surface area contributed by atoms with Gasteiger partial charge in [0.05, 0.1) is 24.7 Å². The van der Waals surface area contributed by atoms with Gasteiger partial charge >= 0.3 is 0 Å². The van der Waals surface area contributed by atoms with Crippen LogP contribution < -0.4 is 15.6 Å². The standard InChI is InChI=1S/C19H22N6O3/c1-11(2)18-23-24(10-16(26)21-13-6-7-17(28-3)20-9-13)19(27)15-8-14(12-4-5-12)22-25(15)18/h6-9,11-12H,4-5,10H2,1-3H3,(H,21,26). The highest BCUT2D eigenvalue weighted by atomic mass is 16.5. The molecule has 146 valence electrons. The fourth-order valence-corrected chi connectivity index (χ4v) is 3.03. The Morgan fingerprint density at radius 1 is 1.32 bits per heavy atom. The van der Waals surface area contributed by atoms with E-state index in [1.807, 2.05) is 19.9 Å². The SMILES string of the molecule is COc1ccc(NC(=O)Cn2nc(C(C)C)n3nc(C4CC4)cc3c2=O)cn1. The predicted octanol–water partition coefficient (Wildman–Crippen LogP) is 1.93. The van der Waals surface area contributed by atoms with Crippen molar-refractivity contribution in [2.45, 2.75) is 45.1 Å². The van der Waals surface area contributed by atoms with Crippen molar-refractivity contribution in [3.63, 3.8) is 0 Å². The van der Waals surface area contributed by atoms with E-state index in [2.05, 4.69) is 20.5 Å². The Morgan fingerprint density at radius 3 is 2.71 bits per heavy atom. The maximum atomic E-state index is 12.9. The molecule has 0 aliphatic heterocycles. The van der Waals surface area contributed by atoms with Crippen molar-refractivity contribution in [1.29, 1.82) is 0 Å². The highest BCUT2D eigenvalue weighted by molar-refractivity contribution is 5.90. The largest absolute Gasteiger partial charge is 0.481 e. The van der Waals surface area contributed by atoms with Crippen molar-refractivity contribution in [2.75, 3.05) is 12.4 Å². The summed E-state index contributed by atoms with van der Waals surface area (Å²) in [5.41, 5.74) is 1.57. The van der Waals surface area contributed by atoms with Crippen molar-refractivity contribution < 1.29 is 9.53 Å². The summed E-state index contributed by atoms with van der Waals surface area (Å²) in [5.74, 6) is 1.23. The zero-order chi connectivity index (χ0) is 19.8. The normalized spacial score (nSPS) is 13.9. The number of aromatic nitrogens is 5. The Bertz CT molecular complexity index is 1080. The number of carbonyl (C=O) groups excluding carboxylic acids is 1. The number of methoxy groups -OCH3 is 1. The first-order valence-electron chi connectivity index (χ1n) is 9.27. The summed E-state index contributed by atoms with van der Waals surface area (Å²) >= 11 is 0. The second-order valence-electron chi connectivity index (χ2n) is 7.25. The van der Waals surface area contributed by atoms with Crippen molar-refractivity contribution in [2.24, 2.45) is 0 Å². The van der Waals surface area contributed by atoms with E-state index in [0.717, 1.165) is 18.5 Å². The third-order valence-electron chi connectivity index (χ3n) is 4.66. The first-order chi connectivity index (χ1) is 13.5. The summed E-state index contributed by atoms with van der Waals surface area (Å²) in [4.78, 5) is 29.3. The Kier molecular flexibility index (Phi) is 4.58. The van der Waals surface area contributed by atoms with Gasteiger partial charge in [0, 0.05) is 17.9 Å². The molecule has 0 unspecified atom stereocenters. The molecule has 1 amide bonds. The van der Waals surface area contributed by atoms with Crippen molar-refractivity contribution >= 4 is 17.1 Å². The molecule has 3 aromatic rings. The molecule has 1 aliphatic carbocycles. The number of fused-ring (bicyclic) bond motifs is 1. The molecule has 1 N–H and O–H groups in total. The van der Waals surface area contributed by atoms with Crippen LogP contribution in [-0.2, 0) is 11.3 Å². The number of ether oxygens (including phenoxy) is 1. The van der Waals surface area contributed by atoms with Crippen molar-refractivity contribution in [1.82, 2.24) is 24.4 Å². The molecule has 0 bridgehead atoms. The second-order valence-corrected chi connectivity index (χ2v) is 7.25. The van der Waals surface area contributed by atoms with Gasteiger partial charge in [-0.3, -0.25) is 9.59 Å². The molecule has 0 saturated heterocycles. The van der Waals surface area contributed by atoms with E-state index in [1.54, 1.807) is 16.6 Å². The molecule has 0 radical (unpaired) electrons. The molecule has 1 fully saturated rings. The summed E-state index contributed by atoms with van der Waals surface area (Å²) in [6.45, 7) is 3.78. The minimum atomic E-state index is -0.359. The van der Waals surface area contributed by atoms with Gasteiger partial charge in [-0.2, -0.15) is 10.2 Å². The average molecular weight is 382 g/mol. The molecular formula is C19H22N6O3. The summed E-state index contributed by atoms with van der Waals surface area (Å²) in [6.07, 6.45) is 3.69. The van der Waals surface area contributed by atoms with Gasteiger partial charge in [-0.1, -0.05) is 13.8 Å². The van der Waals surface area contributed by atoms with E-state index in [0.29, 0.717) is 28.8 Å². The lowest BCUT2D eigenvalue weighted by atomic mass is 10.2. The fraction of sp³-hybridized carbons (Fsp3) is 0.421. The van der Waals surface area contributed by atoms with E-state index < -0.39 is 0 Å². The van der Waals surface area contributed by atoms with E-state index in [4.69, 9.17) is 4.74 Å². The number of nitrogens with zero attached hydrogens (tertiary/aromatic N) is 5. The van der Waals surface area contributed by atoms with Gasteiger partial charge in [-0.15, -0.1) is 0 Å². The summed E-state index contributed by atoms with van der Waals surface area (Å²) in [5, 5.41) is 11.7. The van der Waals surface area contributed by atoms with Gasteiger partial charge in [0.2, 0.25) is 11.8 Å². The number of rotatable bonds is 6. The van der Waals surface area contributed by atoms with Crippen LogP contribution in [0.25, 0.3) is 5.52 Å².